The van der Waals surface area contributed by atoms with Crippen molar-refractivity contribution < 1.29 is 14.3 Å². The topological polar surface area (TPSA) is 64.0 Å². The first-order valence-corrected chi connectivity index (χ1v) is 14.5. The van der Waals surface area contributed by atoms with Crippen LogP contribution in [0.3, 0.4) is 0 Å². The van der Waals surface area contributed by atoms with Gasteiger partial charge in [0.15, 0.2) is 16.7 Å². The maximum atomic E-state index is 13.6. The second kappa shape index (κ2) is 12.2. The van der Waals surface area contributed by atoms with Crippen molar-refractivity contribution in [2.75, 3.05) is 6.61 Å². The lowest BCUT2D eigenvalue weighted by Crippen LogP contribution is -2.40. The number of thiazole rings is 1. The number of nitrogens with zero attached hydrogens (tertiary/aromatic N) is 3. The number of amidine groups is 1. The molecule has 1 aromatic heterocycles. The number of hydrogen-bond donors (Lipinski definition) is 0. The molecule has 0 bridgehead atoms. The van der Waals surface area contributed by atoms with Crippen LogP contribution in [0.5, 0.6) is 11.5 Å². The minimum absolute atomic E-state index is 0.00762. The lowest BCUT2D eigenvalue weighted by Gasteiger charge is -2.30. The molecule has 2 fully saturated rings. The van der Waals surface area contributed by atoms with Crippen LogP contribution in [0.2, 0.25) is 5.02 Å². The molecular weight excluding hydrogens is 526 g/mol. The quantitative estimate of drug-likeness (QED) is 0.267. The van der Waals surface area contributed by atoms with E-state index >= 15 is 0 Å². The third-order valence-electron chi connectivity index (χ3n) is 6.26. The van der Waals surface area contributed by atoms with Crippen LogP contribution in [0.15, 0.2) is 63.9 Å². The molecule has 2 heterocycles. The van der Waals surface area contributed by atoms with Crippen molar-refractivity contribution >= 4 is 57.0 Å². The zero-order valence-electron chi connectivity index (χ0n) is 20.6. The molecule has 0 spiro atoms. The minimum Gasteiger partial charge on any atom is -0.490 e. The molecule has 5 rings (SSSR count). The van der Waals surface area contributed by atoms with Gasteiger partial charge in [0.1, 0.15) is 6.61 Å². The van der Waals surface area contributed by atoms with Gasteiger partial charge in [-0.1, -0.05) is 49.1 Å². The number of carbonyl (C=O) groups is 1. The molecule has 192 valence electrons. The molecule has 0 unspecified atom stereocenters. The molecule has 0 radical (unpaired) electrons. The van der Waals surface area contributed by atoms with Gasteiger partial charge in [0.2, 0.25) is 5.13 Å². The van der Waals surface area contributed by atoms with Gasteiger partial charge in [0.05, 0.1) is 11.5 Å². The highest BCUT2D eigenvalue weighted by atomic mass is 35.5. The van der Waals surface area contributed by atoms with Gasteiger partial charge in [0, 0.05) is 22.6 Å². The summed E-state index contributed by atoms with van der Waals surface area (Å²) in [5, 5.41) is 3.97. The van der Waals surface area contributed by atoms with E-state index in [4.69, 9.17) is 26.1 Å². The van der Waals surface area contributed by atoms with Crippen molar-refractivity contribution in [1.29, 1.82) is 0 Å². The number of ether oxygens (including phenoxy) is 2. The van der Waals surface area contributed by atoms with Gasteiger partial charge in [-0.2, -0.15) is 4.99 Å². The summed E-state index contributed by atoms with van der Waals surface area (Å²) >= 11 is 8.87. The smallest absolute Gasteiger partial charge is 0.267 e. The highest BCUT2D eigenvalue weighted by Gasteiger charge is 2.38. The van der Waals surface area contributed by atoms with E-state index in [2.05, 4.69) is 4.98 Å². The fourth-order valence-corrected chi connectivity index (χ4v) is 6.20. The van der Waals surface area contributed by atoms with Gasteiger partial charge >= 0.3 is 0 Å². The second-order valence-corrected chi connectivity index (χ2v) is 11.2. The van der Waals surface area contributed by atoms with Gasteiger partial charge in [-0.05, 0) is 73.0 Å². The Balaban J connectivity index is 1.39. The van der Waals surface area contributed by atoms with Crippen molar-refractivity contribution in [2.45, 2.75) is 51.7 Å². The van der Waals surface area contributed by atoms with E-state index in [0.29, 0.717) is 44.9 Å². The van der Waals surface area contributed by atoms with Crippen molar-refractivity contribution in [3.8, 4) is 11.5 Å². The normalized spacial score (nSPS) is 18.6. The summed E-state index contributed by atoms with van der Waals surface area (Å²) in [4.78, 5) is 25.2. The van der Waals surface area contributed by atoms with Crippen LogP contribution in [0.1, 0.15) is 50.2 Å². The van der Waals surface area contributed by atoms with E-state index in [1.807, 2.05) is 65.7 Å². The van der Waals surface area contributed by atoms with Gasteiger partial charge in [0.25, 0.3) is 5.91 Å². The Bertz CT molecular complexity index is 1290. The summed E-state index contributed by atoms with van der Waals surface area (Å²) in [6, 6.07) is 13.5. The number of thioether (sulfide) groups is 1. The van der Waals surface area contributed by atoms with Crippen LogP contribution in [0.4, 0.5) is 5.13 Å². The zero-order valence-corrected chi connectivity index (χ0v) is 23.0. The largest absolute Gasteiger partial charge is 0.490 e. The minimum atomic E-state index is 0.00762. The number of hydrogen-bond acceptors (Lipinski definition) is 7. The molecule has 3 aromatic rings. The van der Waals surface area contributed by atoms with Crippen LogP contribution in [0, 0.1) is 0 Å². The average molecular weight is 554 g/mol. The van der Waals surface area contributed by atoms with Crippen molar-refractivity contribution in [3.05, 3.63) is 75.1 Å². The third-order valence-corrected chi connectivity index (χ3v) is 8.16. The Morgan fingerprint density at radius 3 is 2.65 bits per heavy atom. The lowest BCUT2D eigenvalue weighted by atomic mass is 9.94. The van der Waals surface area contributed by atoms with E-state index < -0.39 is 0 Å². The molecule has 1 aliphatic heterocycles. The standard InChI is InChI=1S/C28H28ClN3O3S2/c1-2-34-24-16-20(10-13-23(24)35-18-19-8-11-21(29)12-9-19)17-25-26(33)32(22-6-4-3-5-7-22)28(37-25)31-27-30-14-15-36-27/h8-17,22H,2-7,18H2,1H3/b25-17-,31-28+. The molecule has 1 aliphatic carbocycles. The van der Waals surface area contributed by atoms with Crippen molar-refractivity contribution in [3.63, 3.8) is 0 Å². The van der Waals surface area contributed by atoms with E-state index in [9.17, 15) is 4.79 Å². The van der Waals surface area contributed by atoms with Crippen molar-refractivity contribution in [2.24, 2.45) is 4.99 Å². The Morgan fingerprint density at radius 2 is 1.92 bits per heavy atom. The molecule has 1 saturated carbocycles. The molecule has 37 heavy (non-hydrogen) atoms. The molecule has 2 aliphatic rings. The second-order valence-electron chi connectivity index (χ2n) is 8.84. The molecule has 2 aromatic carbocycles. The Hall–Kier alpha value is -2.81. The summed E-state index contributed by atoms with van der Waals surface area (Å²) in [6.45, 7) is 2.85. The third kappa shape index (κ3) is 6.37. The molecule has 0 atom stereocenters. The fraction of sp³-hybridized carbons (Fsp3) is 0.321. The van der Waals surface area contributed by atoms with E-state index in [1.54, 1.807) is 6.20 Å². The molecule has 9 heteroatoms. The van der Waals surface area contributed by atoms with Crippen LogP contribution >= 0.6 is 34.7 Å². The number of aliphatic imine (C=N–C) groups is 1. The lowest BCUT2D eigenvalue weighted by molar-refractivity contribution is -0.124. The number of amides is 1. The summed E-state index contributed by atoms with van der Waals surface area (Å²) in [5.74, 6) is 1.30. The van der Waals surface area contributed by atoms with Crippen LogP contribution in [0.25, 0.3) is 6.08 Å². The summed E-state index contributed by atoms with van der Waals surface area (Å²) in [7, 11) is 0. The maximum absolute atomic E-state index is 13.6. The van der Waals surface area contributed by atoms with E-state index in [0.717, 1.165) is 36.8 Å². The molecular formula is C28H28ClN3O3S2. The number of rotatable bonds is 8. The monoisotopic (exact) mass is 553 g/mol. The molecule has 1 amide bonds. The predicted molar refractivity (Wildman–Crippen MR) is 152 cm³/mol. The fourth-order valence-electron chi connectivity index (χ4n) is 4.47. The van der Waals surface area contributed by atoms with Crippen LogP contribution in [-0.2, 0) is 11.4 Å². The highest BCUT2D eigenvalue weighted by molar-refractivity contribution is 8.18. The molecule has 6 nitrogen and oxygen atoms in total. The number of aromatic nitrogens is 1. The molecule has 1 saturated heterocycles. The number of carbonyl (C=O) groups excluding carboxylic acids is 1. The Morgan fingerprint density at radius 1 is 1.11 bits per heavy atom. The Kier molecular flexibility index (Phi) is 8.48. The summed E-state index contributed by atoms with van der Waals surface area (Å²) in [6.07, 6.45) is 9.16. The first-order chi connectivity index (χ1) is 18.1. The first kappa shape index (κ1) is 25.8. The maximum Gasteiger partial charge on any atom is 0.267 e. The van der Waals surface area contributed by atoms with Crippen LogP contribution < -0.4 is 9.47 Å². The Labute approximate surface area is 230 Å². The molecule has 0 N–H and O–H groups in total. The van der Waals surface area contributed by atoms with Gasteiger partial charge in [-0.25, -0.2) is 4.98 Å². The van der Waals surface area contributed by atoms with E-state index in [1.165, 1.54) is 29.5 Å². The SMILES string of the molecule is CCOc1cc(/C=C2\S/C(=N/c3nccs3)N(C3CCCCC3)C2=O)ccc1OCc1ccc(Cl)cc1. The highest BCUT2D eigenvalue weighted by Crippen LogP contribution is 2.39. The van der Waals surface area contributed by atoms with Gasteiger partial charge in [-0.15, -0.1) is 11.3 Å². The van der Waals surface area contributed by atoms with Gasteiger partial charge in [-0.3, -0.25) is 9.69 Å². The average Bonchev–Trinajstić information content (AvgIpc) is 3.53. The zero-order chi connectivity index (χ0) is 25.6. The number of benzene rings is 2. The number of halogens is 1. The van der Waals surface area contributed by atoms with E-state index in [-0.39, 0.29) is 11.9 Å². The van der Waals surface area contributed by atoms with Crippen molar-refractivity contribution in [1.82, 2.24) is 9.88 Å². The van der Waals surface area contributed by atoms with Gasteiger partial charge < -0.3 is 9.47 Å². The summed E-state index contributed by atoms with van der Waals surface area (Å²) in [5.41, 5.74) is 1.89. The first-order valence-electron chi connectivity index (χ1n) is 12.5. The summed E-state index contributed by atoms with van der Waals surface area (Å²) < 4.78 is 11.9. The predicted octanol–water partition coefficient (Wildman–Crippen LogP) is 7.71. The van der Waals surface area contributed by atoms with Crippen LogP contribution in [-0.4, -0.2) is 33.6 Å².